The largest absolute Gasteiger partial charge is 0.483 e. The van der Waals surface area contributed by atoms with E-state index in [0.717, 1.165) is 36.0 Å². The van der Waals surface area contributed by atoms with Gasteiger partial charge in [0.2, 0.25) is 0 Å². The summed E-state index contributed by atoms with van der Waals surface area (Å²) < 4.78 is 6.37. The number of hydrogen-bond donors (Lipinski definition) is 1. The minimum atomic E-state index is -0.273. The van der Waals surface area contributed by atoms with Gasteiger partial charge in [-0.05, 0) is 78.0 Å². The fourth-order valence-corrected chi connectivity index (χ4v) is 3.68. The van der Waals surface area contributed by atoms with Gasteiger partial charge < -0.3 is 15.0 Å². The standard InChI is InChI=1S/C21H23BrN2O3/c1-15-8-9-19(18(22)12-15)27-14-20(25)23-17-7-5-6-16(13-17)21(26)24-10-3-2-4-11-24/h5-9,12-13H,2-4,10-11,14H2,1H3,(H,23,25). The molecule has 1 heterocycles. The molecule has 1 N–H and O–H groups in total. The van der Waals surface area contributed by atoms with E-state index in [1.54, 1.807) is 24.3 Å². The van der Waals surface area contributed by atoms with Crippen LogP contribution in [0.5, 0.6) is 5.75 Å². The minimum Gasteiger partial charge on any atom is -0.483 e. The highest BCUT2D eigenvalue weighted by atomic mass is 79.9. The Morgan fingerprint density at radius 2 is 1.89 bits per heavy atom. The first-order chi connectivity index (χ1) is 13.0. The molecule has 0 aromatic heterocycles. The maximum absolute atomic E-state index is 12.6. The second kappa shape index (κ2) is 9.04. The number of likely N-dealkylation sites (tertiary alicyclic amines) is 1. The van der Waals surface area contributed by atoms with Crippen molar-refractivity contribution in [3.8, 4) is 5.75 Å². The maximum atomic E-state index is 12.6. The third-order valence-corrected chi connectivity index (χ3v) is 5.10. The highest BCUT2D eigenvalue weighted by molar-refractivity contribution is 9.10. The van der Waals surface area contributed by atoms with E-state index >= 15 is 0 Å². The zero-order valence-electron chi connectivity index (χ0n) is 15.3. The van der Waals surface area contributed by atoms with Crippen molar-refractivity contribution >= 4 is 33.4 Å². The van der Waals surface area contributed by atoms with Crippen LogP contribution in [-0.4, -0.2) is 36.4 Å². The van der Waals surface area contributed by atoms with Gasteiger partial charge in [-0.25, -0.2) is 0 Å². The van der Waals surface area contributed by atoms with Crippen molar-refractivity contribution in [2.45, 2.75) is 26.2 Å². The highest BCUT2D eigenvalue weighted by Crippen LogP contribution is 2.25. The highest BCUT2D eigenvalue weighted by Gasteiger charge is 2.18. The van der Waals surface area contributed by atoms with Crippen LogP contribution < -0.4 is 10.1 Å². The van der Waals surface area contributed by atoms with Crippen LogP contribution in [0.4, 0.5) is 5.69 Å². The average Bonchev–Trinajstić information content (AvgIpc) is 2.67. The van der Waals surface area contributed by atoms with Crippen molar-refractivity contribution < 1.29 is 14.3 Å². The molecule has 5 nitrogen and oxygen atoms in total. The average molecular weight is 431 g/mol. The van der Waals surface area contributed by atoms with E-state index in [1.807, 2.05) is 30.0 Å². The van der Waals surface area contributed by atoms with Crippen molar-refractivity contribution in [2.75, 3.05) is 25.0 Å². The SMILES string of the molecule is Cc1ccc(OCC(=O)Nc2cccc(C(=O)N3CCCCC3)c2)c(Br)c1. The van der Waals surface area contributed by atoms with Gasteiger partial charge in [-0.1, -0.05) is 12.1 Å². The first kappa shape index (κ1) is 19.4. The van der Waals surface area contributed by atoms with Gasteiger partial charge in [-0.15, -0.1) is 0 Å². The number of carbonyl (C=O) groups excluding carboxylic acids is 2. The van der Waals surface area contributed by atoms with Crippen LogP contribution in [-0.2, 0) is 4.79 Å². The van der Waals surface area contributed by atoms with Crippen LogP contribution in [0.2, 0.25) is 0 Å². The number of halogens is 1. The number of amides is 2. The van der Waals surface area contributed by atoms with Gasteiger partial charge in [0, 0.05) is 24.3 Å². The Hall–Kier alpha value is -2.34. The lowest BCUT2D eigenvalue weighted by molar-refractivity contribution is -0.118. The molecule has 0 radical (unpaired) electrons. The molecule has 1 aliphatic heterocycles. The van der Waals surface area contributed by atoms with Crippen LogP contribution in [0.15, 0.2) is 46.9 Å². The van der Waals surface area contributed by atoms with Crippen molar-refractivity contribution in [3.05, 3.63) is 58.1 Å². The molecule has 0 spiro atoms. The summed E-state index contributed by atoms with van der Waals surface area (Å²) in [6, 6.07) is 12.7. The first-order valence-corrected chi connectivity index (χ1v) is 9.90. The van der Waals surface area contributed by atoms with Crippen LogP contribution >= 0.6 is 15.9 Å². The fraction of sp³-hybridized carbons (Fsp3) is 0.333. The Labute approximate surface area is 167 Å². The summed E-state index contributed by atoms with van der Waals surface area (Å²) in [4.78, 5) is 26.7. The van der Waals surface area contributed by atoms with Crippen molar-refractivity contribution in [1.82, 2.24) is 4.90 Å². The lowest BCUT2D eigenvalue weighted by Crippen LogP contribution is -2.35. The Bertz CT molecular complexity index is 832. The smallest absolute Gasteiger partial charge is 0.262 e. The Balaban J connectivity index is 1.58. The molecule has 1 saturated heterocycles. The second-order valence-electron chi connectivity index (χ2n) is 6.70. The number of ether oxygens (including phenoxy) is 1. The molecule has 3 rings (SSSR count). The second-order valence-corrected chi connectivity index (χ2v) is 7.56. The Kier molecular flexibility index (Phi) is 6.50. The van der Waals surface area contributed by atoms with E-state index in [-0.39, 0.29) is 18.4 Å². The number of benzene rings is 2. The molecule has 6 heteroatoms. The lowest BCUT2D eigenvalue weighted by Gasteiger charge is -2.26. The molecule has 0 atom stereocenters. The monoisotopic (exact) mass is 430 g/mol. The number of piperidine rings is 1. The molecular formula is C21H23BrN2O3. The minimum absolute atomic E-state index is 0.0191. The summed E-state index contributed by atoms with van der Waals surface area (Å²) in [7, 11) is 0. The van der Waals surface area contributed by atoms with Gasteiger partial charge in [-0.2, -0.15) is 0 Å². The van der Waals surface area contributed by atoms with E-state index < -0.39 is 0 Å². The number of hydrogen-bond acceptors (Lipinski definition) is 3. The number of nitrogens with zero attached hydrogens (tertiary/aromatic N) is 1. The zero-order valence-corrected chi connectivity index (χ0v) is 16.9. The molecule has 0 saturated carbocycles. The summed E-state index contributed by atoms with van der Waals surface area (Å²) in [6.45, 7) is 3.48. The predicted octanol–water partition coefficient (Wildman–Crippen LogP) is 4.40. The number of anilines is 1. The maximum Gasteiger partial charge on any atom is 0.262 e. The van der Waals surface area contributed by atoms with Gasteiger partial charge in [-0.3, -0.25) is 9.59 Å². The van der Waals surface area contributed by atoms with Crippen LogP contribution in [0, 0.1) is 6.92 Å². The zero-order chi connectivity index (χ0) is 19.2. The van der Waals surface area contributed by atoms with E-state index in [1.165, 1.54) is 6.42 Å². The van der Waals surface area contributed by atoms with E-state index in [0.29, 0.717) is 17.0 Å². The topological polar surface area (TPSA) is 58.6 Å². The molecule has 0 unspecified atom stereocenters. The van der Waals surface area contributed by atoms with E-state index in [4.69, 9.17) is 4.74 Å². The molecule has 27 heavy (non-hydrogen) atoms. The van der Waals surface area contributed by atoms with Crippen molar-refractivity contribution in [1.29, 1.82) is 0 Å². The third-order valence-electron chi connectivity index (χ3n) is 4.48. The van der Waals surface area contributed by atoms with Gasteiger partial charge in [0.25, 0.3) is 11.8 Å². The molecule has 1 fully saturated rings. The third kappa shape index (κ3) is 5.32. The molecule has 2 aromatic carbocycles. The van der Waals surface area contributed by atoms with Crippen molar-refractivity contribution in [3.63, 3.8) is 0 Å². The van der Waals surface area contributed by atoms with Gasteiger partial charge in [0.05, 0.1) is 4.47 Å². The van der Waals surface area contributed by atoms with Gasteiger partial charge >= 0.3 is 0 Å². The number of rotatable bonds is 5. The quantitative estimate of drug-likeness (QED) is 0.764. The van der Waals surface area contributed by atoms with Gasteiger partial charge in [0.15, 0.2) is 6.61 Å². The Morgan fingerprint density at radius 3 is 2.63 bits per heavy atom. The summed E-state index contributed by atoms with van der Waals surface area (Å²) in [6.07, 6.45) is 3.28. The Morgan fingerprint density at radius 1 is 1.11 bits per heavy atom. The van der Waals surface area contributed by atoms with Crippen molar-refractivity contribution in [2.24, 2.45) is 0 Å². The van der Waals surface area contributed by atoms with Crippen LogP contribution in [0.1, 0.15) is 35.2 Å². The molecule has 0 bridgehead atoms. The lowest BCUT2D eigenvalue weighted by atomic mass is 10.1. The normalized spacial score (nSPS) is 13.9. The number of aryl methyl sites for hydroxylation is 1. The van der Waals surface area contributed by atoms with E-state index in [9.17, 15) is 9.59 Å². The fourth-order valence-electron chi connectivity index (χ4n) is 3.07. The van der Waals surface area contributed by atoms with Crippen LogP contribution in [0.25, 0.3) is 0 Å². The number of carbonyl (C=O) groups is 2. The summed E-state index contributed by atoms with van der Waals surface area (Å²) in [5.41, 5.74) is 2.29. The molecule has 1 aliphatic rings. The van der Waals surface area contributed by atoms with E-state index in [2.05, 4.69) is 21.2 Å². The molecule has 142 valence electrons. The summed E-state index contributed by atoms with van der Waals surface area (Å²) in [5, 5.41) is 2.79. The summed E-state index contributed by atoms with van der Waals surface area (Å²) >= 11 is 3.43. The molecule has 2 aromatic rings. The molecule has 2 amide bonds. The predicted molar refractivity (Wildman–Crippen MR) is 109 cm³/mol. The summed E-state index contributed by atoms with van der Waals surface area (Å²) in [5.74, 6) is 0.362. The van der Waals surface area contributed by atoms with Crippen LogP contribution in [0.3, 0.4) is 0 Å². The number of nitrogens with one attached hydrogen (secondary N) is 1. The molecular weight excluding hydrogens is 408 g/mol. The van der Waals surface area contributed by atoms with Gasteiger partial charge in [0.1, 0.15) is 5.75 Å². The molecule has 0 aliphatic carbocycles. The first-order valence-electron chi connectivity index (χ1n) is 9.11.